The van der Waals surface area contributed by atoms with Gasteiger partial charge in [-0.2, -0.15) is 10.2 Å². The topological polar surface area (TPSA) is 62.1 Å². The Morgan fingerprint density at radius 2 is 2.00 bits per heavy atom. The number of imide groups is 1. The number of carbonyl (C=O) groups excluding carboxylic acids is 2. The van der Waals surface area contributed by atoms with Crippen LogP contribution in [0.2, 0.25) is 0 Å². The lowest BCUT2D eigenvalue weighted by atomic mass is 10.1. The van der Waals surface area contributed by atoms with E-state index in [2.05, 4.69) is 10.2 Å². The van der Waals surface area contributed by atoms with E-state index in [0.29, 0.717) is 0 Å². The van der Waals surface area contributed by atoms with Crippen LogP contribution in [0.1, 0.15) is 0 Å². The molecule has 1 aromatic rings. The van der Waals surface area contributed by atoms with Crippen LogP contribution >= 0.6 is 0 Å². The van der Waals surface area contributed by atoms with Gasteiger partial charge < -0.3 is 0 Å². The molecule has 0 N–H and O–H groups in total. The van der Waals surface area contributed by atoms with E-state index in [1.807, 2.05) is 0 Å². The fraction of sp³-hybridized carbons (Fsp3) is 0.273. The molecule has 6 heteroatoms. The number of hydrogen-bond acceptors (Lipinski definition) is 4. The van der Waals surface area contributed by atoms with Crippen molar-refractivity contribution in [2.45, 2.75) is 6.04 Å². The van der Waals surface area contributed by atoms with Gasteiger partial charge in [0.05, 0.1) is 18.2 Å². The van der Waals surface area contributed by atoms with Gasteiger partial charge in [0.2, 0.25) is 5.91 Å². The van der Waals surface area contributed by atoms with Crippen LogP contribution in [0.15, 0.2) is 34.5 Å². The van der Waals surface area contributed by atoms with Crippen LogP contribution in [-0.2, 0) is 9.59 Å². The Bertz CT molecular complexity index is 543. The van der Waals surface area contributed by atoms with E-state index in [0.717, 1.165) is 4.90 Å². The van der Waals surface area contributed by atoms with Gasteiger partial charge in [0.15, 0.2) is 6.04 Å². The second kappa shape index (κ2) is 3.44. The van der Waals surface area contributed by atoms with Crippen LogP contribution in [0.5, 0.6) is 0 Å². The van der Waals surface area contributed by atoms with Crippen LogP contribution in [0.4, 0.5) is 10.1 Å². The smallest absolute Gasteiger partial charge is 0.261 e. The number of benzene rings is 1. The Hall–Kier alpha value is -2.11. The summed E-state index contributed by atoms with van der Waals surface area (Å²) in [4.78, 5) is 24.8. The lowest BCUT2D eigenvalue weighted by Gasteiger charge is -2.15. The SMILES string of the molecule is O=C1[C@H]2CN=N[C@H]2C(=O)N1c1ccccc1F. The highest BCUT2D eigenvalue weighted by molar-refractivity contribution is 6.23. The molecule has 1 fully saturated rings. The zero-order valence-electron chi connectivity index (χ0n) is 8.71. The highest BCUT2D eigenvalue weighted by Gasteiger charge is 2.51. The number of nitrogens with zero attached hydrogens (tertiary/aromatic N) is 3. The zero-order valence-corrected chi connectivity index (χ0v) is 8.71. The van der Waals surface area contributed by atoms with Crippen molar-refractivity contribution in [3.63, 3.8) is 0 Å². The van der Waals surface area contributed by atoms with E-state index in [1.165, 1.54) is 18.2 Å². The summed E-state index contributed by atoms with van der Waals surface area (Å²) in [6.45, 7) is 0.209. The van der Waals surface area contributed by atoms with Crippen molar-refractivity contribution >= 4 is 17.5 Å². The minimum atomic E-state index is -0.762. The van der Waals surface area contributed by atoms with Gasteiger partial charge in [0, 0.05) is 0 Å². The lowest BCUT2D eigenvalue weighted by Crippen LogP contribution is -2.32. The number of carbonyl (C=O) groups is 2. The van der Waals surface area contributed by atoms with Crippen LogP contribution in [0.3, 0.4) is 0 Å². The van der Waals surface area contributed by atoms with E-state index in [1.54, 1.807) is 6.07 Å². The molecular weight excluding hydrogens is 225 g/mol. The largest absolute Gasteiger partial charge is 0.274 e. The second-order valence-electron chi connectivity index (χ2n) is 3.95. The van der Waals surface area contributed by atoms with E-state index in [9.17, 15) is 14.0 Å². The fourth-order valence-corrected chi connectivity index (χ4v) is 2.12. The maximum Gasteiger partial charge on any atom is 0.261 e. The molecule has 86 valence electrons. The molecule has 0 aliphatic carbocycles. The van der Waals surface area contributed by atoms with Crippen molar-refractivity contribution in [3.8, 4) is 0 Å². The molecule has 0 radical (unpaired) electrons. The summed E-state index contributed by atoms with van der Waals surface area (Å²) in [6.07, 6.45) is 0. The molecule has 2 atom stereocenters. The van der Waals surface area contributed by atoms with Gasteiger partial charge in [-0.3, -0.25) is 9.59 Å². The lowest BCUT2D eigenvalue weighted by molar-refractivity contribution is -0.122. The third-order valence-corrected chi connectivity index (χ3v) is 2.97. The van der Waals surface area contributed by atoms with Crippen molar-refractivity contribution in [1.82, 2.24) is 0 Å². The Morgan fingerprint density at radius 3 is 2.71 bits per heavy atom. The van der Waals surface area contributed by atoms with Crippen LogP contribution in [0.25, 0.3) is 0 Å². The second-order valence-corrected chi connectivity index (χ2v) is 3.95. The Balaban J connectivity index is 2.05. The van der Waals surface area contributed by atoms with E-state index in [-0.39, 0.29) is 12.2 Å². The first kappa shape index (κ1) is 10.1. The van der Waals surface area contributed by atoms with Gasteiger partial charge in [-0.05, 0) is 12.1 Å². The van der Waals surface area contributed by atoms with Crippen LogP contribution < -0.4 is 4.90 Å². The van der Waals surface area contributed by atoms with E-state index < -0.39 is 29.6 Å². The van der Waals surface area contributed by atoms with Gasteiger partial charge in [0.1, 0.15) is 5.82 Å². The number of amides is 2. The molecule has 0 aromatic heterocycles. The zero-order chi connectivity index (χ0) is 12.0. The Morgan fingerprint density at radius 1 is 1.24 bits per heavy atom. The highest BCUT2D eigenvalue weighted by Crippen LogP contribution is 2.33. The molecule has 2 amide bonds. The molecule has 3 rings (SSSR count). The molecule has 0 saturated carbocycles. The molecule has 2 aliphatic heterocycles. The fourth-order valence-electron chi connectivity index (χ4n) is 2.12. The predicted octanol–water partition coefficient (Wildman–Crippen LogP) is 1.15. The van der Waals surface area contributed by atoms with Crippen LogP contribution in [0, 0.1) is 11.7 Å². The Kier molecular flexibility index (Phi) is 2.04. The summed E-state index contributed by atoms with van der Waals surface area (Å²) >= 11 is 0. The first-order valence-electron chi connectivity index (χ1n) is 5.19. The Labute approximate surface area is 95.9 Å². The molecule has 2 heterocycles. The molecule has 2 aliphatic rings. The van der Waals surface area contributed by atoms with Crippen LogP contribution in [-0.4, -0.2) is 24.4 Å². The van der Waals surface area contributed by atoms with Crippen molar-refractivity contribution < 1.29 is 14.0 Å². The number of rotatable bonds is 1. The molecule has 1 aromatic carbocycles. The van der Waals surface area contributed by atoms with Gasteiger partial charge in [-0.25, -0.2) is 9.29 Å². The minimum Gasteiger partial charge on any atom is -0.274 e. The number of azo groups is 1. The maximum atomic E-state index is 13.6. The summed E-state index contributed by atoms with van der Waals surface area (Å²) in [5, 5.41) is 7.41. The molecule has 0 unspecified atom stereocenters. The van der Waals surface area contributed by atoms with Gasteiger partial charge in [-0.15, -0.1) is 0 Å². The average Bonchev–Trinajstić information content (AvgIpc) is 2.87. The molecule has 1 saturated heterocycles. The first-order valence-corrected chi connectivity index (χ1v) is 5.19. The first-order chi connectivity index (χ1) is 8.20. The monoisotopic (exact) mass is 233 g/mol. The molecule has 0 bridgehead atoms. The molecule has 5 nitrogen and oxygen atoms in total. The summed E-state index contributed by atoms with van der Waals surface area (Å²) in [5.41, 5.74) is -0.00731. The minimum absolute atomic E-state index is 0.00731. The molecule has 0 spiro atoms. The van der Waals surface area contributed by atoms with Gasteiger partial charge >= 0.3 is 0 Å². The summed E-state index contributed by atoms with van der Waals surface area (Å²) < 4.78 is 13.6. The number of halogens is 1. The number of anilines is 1. The third-order valence-electron chi connectivity index (χ3n) is 2.97. The highest BCUT2D eigenvalue weighted by atomic mass is 19.1. The average molecular weight is 233 g/mol. The molecular formula is C11H8FN3O2. The van der Waals surface area contributed by atoms with E-state index >= 15 is 0 Å². The standard InChI is InChI=1S/C11H8FN3O2/c12-7-3-1-2-4-8(7)15-10(16)6-5-13-14-9(6)11(15)17/h1-4,6,9H,5H2/t6-,9+/m0/s1. The predicted molar refractivity (Wildman–Crippen MR) is 55.9 cm³/mol. The third kappa shape index (κ3) is 1.30. The number of para-hydroxylation sites is 1. The summed E-state index contributed by atoms with van der Waals surface area (Å²) in [7, 11) is 0. The van der Waals surface area contributed by atoms with Gasteiger partial charge in [-0.1, -0.05) is 12.1 Å². The summed E-state index contributed by atoms with van der Waals surface area (Å²) in [5.74, 6) is -2.06. The summed E-state index contributed by atoms with van der Waals surface area (Å²) in [6, 6.07) is 4.94. The van der Waals surface area contributed by atoms with Crippen molar-refractivity contribution in [2.75, 3.05) is 11.4 Å². The van der Waals surface area contributed by atoms with Gasteiger partial charge in [0.25, 0.3) is 5.91 Å². The van der Waals surface area contributed by atoms with Crippen molar-refractivity contribution in [1.29, 1.82) is 0 Å². The number of hydrogen-bond donors (Lipinski definition) is 0. The molecule has 17 heavy (non-hydrogen) atoms. The van der Waals surface area contributed by atoms with E-state index in [4.69, 9.17) is 0 Å². The number of fused-ring (bicyclic) bond motifs is 1. The normalized spacial score (nSPS) is 26.8. The maximum absolute atomic E-state index is 13.6. The van der Waals surface area contributed by atoms with Crippen molar-refractivity contribution in [3.05, 3.63) is 30.1 Å². The quantitative estimate of drug-likeness (QED) is 0.683. The van der Waals surface area contributed by atoms with Crippen molar-refractivity contribution in [2.24, 2.45) is 16.1 Å².